The number of aryl methyl sites for hydroxylation is 2. The Kier molecular flexibility index (Phi) is 4.43. The highest BCUT2D eigenvalue weighted by Gasteiger charge is 2.60. The van der Waals surface area contributed by atoms with Crippen LogP contribution in [0.25, 0.3) is 10.8 Å². The molecule has 1 atom stereocenters. The van der Waals surface area contributed by atoms with E-state index in [1.54, 1.807) is 0 Å². The first-order chi connectivity index (χ1) is 14.6. The third-order valence-corrected chi connectivity index (χ3v) is 6.39. The number of hydrogen-bond acceptors (Lipinski definition) is 1. The average Bonchev–Trinajstić information content (AvgIpc) is 3.51. The van der Waals surface area contributed by atoms with E-state index in [0.717, 1.165) is 22.9 Å². The standard InChI is InChI=1S/C28H25NO/c1-19-8-5-12-22(16-19)28(23-13-6-9-20(2)17-23)18-25(28)27(30)29-26-15-7-11-21-10-3-4-14-24(21)26/h3-17,25H,18H2,1-2H3,(H,29,30)/t25-/m0/s1. The van der Waals surface area contributed by atoms with Crippen LogP contribution in [0.5, 0.6) is 0 Å². The molecule has 0 radical (unpaired) electrons. The highest BCUT2D eigenvalue weighted by atomic mass is 16.2. The molecule has 1 saturated carbocycles. The van der Waals surface area contributed by atoms with Crippen LogP contribution in [-0.4, -0.2) is 5.91 Å². The van der Waals surface area contributed by atoms with Gasteiger partial charge in [-0.1, -0.05) is 96.1 Å². The molecule has 0 saturated heterocycles. The van der Waals surface area contributed by atoms with Gasteiger partial charge >= 0.3 is 0 Å². The summed E-state index contributed by atoms with van der Waals surface area (Å²) in [5.74, 6) is 0.00873. The van der Waals surface area contributed by atoms with Crippen molar-refractivity contribution in [3.05, 3.63) is 113 Å². The van der Waals surface area contributed by atoms with E-state index in [-0.39, 0.29) is 17.2 Å². The minimum absolute atomic E-state index is 0.0833. The predicted octanol–water partition coefficient (Wildman–Crippen LogP) is 6.40. The van der Waals surface area contributed by atoms with Crippen molar-refractivity contribution in [1.29, 1.82) is 0 Å². The van der Waals surface area contributed by atoms with Crippen LogP contribution < -0.4 is 5.32 Å². The van der Waals surface area contributed by atoms with Crippen LogP contribution in [0.15, 0.2) is 91.0 Å². The fraction of sp³-hybridized carbons (Fsp3) is 0.179. The van der Waals surface area contributed by atoms with Gasteiger partial charge < -0.3 is 5.32 Å². The molecule has 1 aliphatic rings. The summed E-state index contributed by atoms with van der Waals surface area (Å²) >= 11 is 0. The van der Waals surface area contributed by atoms with Crippen LogP contribution in [0.2, 0.25) is 0 Å². The first kappa shape index (κ1) is 18.6. The van der Waals surface area contributed by atoms with Gasteiger partial charge in [-0.15, -0.1) is 0 Å². The molecule has 0 heterocycles. The summed E-state index contributed by atoms with van der Waals surface area (Å²) in [6.45, 7) is 4.22. The lowest BCUT2D eigenvalue weighted by molar-refractivity contribution is -0.117. The van der Waals surface area contributed by atoms with E-state index in [2.05, 4.69) is 85.9 Å². The van der Waals surface area contributed by atoms with Gasteiger partial charge in [-0.05, 0) is 42.8 Å². The molecule has 0 bridgehead atoms. The third kappa shape index (κ3) is 3.09. The number of benzene rings is 4. The van der Waals surface area contributed by atoms with E-state index in [0.29, 0.717) is 0 Å². The van der Waals surface area contributed by atoms with Crippen molar-refractivity contribution in [1.82, 2.24) is 0 Å². The average molecular weight is 392 g/mol. The van der Waals surface area contributed by atoms with Gasteiger partial charge in [-0.25, -0.2) is 0 Å². The summed E-state index contributed by atoms with van der Waals surface area (Å²) < 4.78 is 0. The number of fused-ring (bicyclic) bond motifs is 1. The molecular formula is C28H25NO. The molecule has 1 N–H and O–H groups in total. The number of nitrogens with one attached hydrogen (secondary N) is 1. The highest BCUT2D eigenvalue weighted by Crippen LogP contribution is 2.59. The lowest BCUT2D eigenvalue weighted by Crippen LogP contribution is -2.22. The van der Waals surface area contributed by atoms with Crippen LogP contribution >= 0.6 is 0 Å². The number of amides is 1. The zero-order valence-corrected chi connectivity index (χ0v) is 17.4. The van der Waals surface area contributed by atoms with Crippen LogP contribution in [-0.2, 0) is 10.2 Å². The number of carbonyl (C=O) groups is 1. The molecule has 0 unspecified atom stereocenters. The number of anilines is 1. The van der Waals surface area contributed by atoms with E-state index in [1.807, 2.05) is 24.3 Å². The fourth-order valence-corrected chi connectivity index (χ4v) is 4.78. The molecule has 1 amide bonds. The number of hydrogen-bond donors (Lipinski definition) is 1. The van der Waals surface area contributed by atoms with Gasteiger partial charge in [0.05, 0.1) is 5.92 Å². The van der Waals surface area contributed by atoms with Crippen LogP contribution in [0.1, 0.15) is 28.7 Å². The monoisotopic (exact) mass is 391 g/mol. The van der Waals surface area contributed by atoms with Gasteiger partial charge in [0, 0.05) is 16.5 Å². The van der Waals surface area contributed by atoms with Crippen molar-refractivity contribution in [2.45, 2.75) is 25.7 Å². The van der Waals surface area contributed by atoms with E-state index in [4.69, 9.17) is 0 Å². The largest absolute Gasteiger partial charge is 0.325 e. The molecule has 148 valence electrons. The van der Waals surface area contributed by atoms with Crippen molar-refractivity contribution < 1.29 is 4.79 Å². The van der Waals surface area contributed by atoms with Crippen molar-refractivity contribution in [2.75, 3.05) is 5.32 Å². The smallest absolute Gasteiger partial charge is 0.228 e. The van der Waals surface area contributed by atoms with Crippen LogP contribution in [0.4, 0.5) is 5.69 Å². The Bertz CT molecular complexity index is 1210. The second kappa shape index (κ2) is 7.14. The molecule has 0 aromatic heterocycles. The van der Waals surface area contributed by atoms with E-state index >= 15 is 0 Å². The quantitative estimate of drug-likeness (QED) is 0.428. The van der Waals surface area contributed by atoms with Gasteiger partial charge in [-0.2, -0.15) is 0 Å². The Hall–Kier alpha value is -3.39. The van der Waals surface area contributed by atoms with Crippen molar-refractivity contribution >= 4 is 22.4 Å². The molecule has 1 aliphatic carbocycles. The Balaban J connectivity index is 1.53. The molecule has 2 heteroatoms. The highest BCUT2D eigenvalue weighted by molar-refractivity contribution is 6.04. The molecular weight excluding hydrogens is 366 g/mol. The maximum atomic E-state index is 13.4. The lowest BCUT2D eigenvalue weighted by atomic mass is 9.84. The zero-order valence-electron chi connectivity index (χ0n) is 17.4. The molecule has 0 spiro atoms. The number of carbonyl (C=O) groups excluding carboxylic acids is 1. The third-order valence-electron chi connectivity index (χ3n) is 6.39. The maximum Gasteiger partial charge on any atom is 0.228 e. The van der Waals surface area contributed by atoms with Crippen molar-refractivity contribution in [3.63, 3.8) is 0 Å². The molecule has 2 nitrogen and oxygen atoms in total. The number of rotatable bonds is 4. The van der Waals surface area contributed by atoms with E-state index in [1.165, 1.54) is 22.3 Å². The molecule has 0 aliphatic heterocycles. The maximum absolute atomic E-state index is 13.4. The summed E-state index contributed by atoms with van der Waals surface area (Å²) in [5.41, 5.74) is 5.52. The predicted molar refractivity (Wildman–Crippen MR) is 124 cm³/mol. The summed E-state index contributed by atoms with van der Waals surface area (Å²) in [7, 11) is 0. The van der Waals surface area contributed by atoms with Crippen LogP contribution in [0, 0.1) is 19.8 Å². The summed E-state index contributed by atoms with van der Waals surface area (Å²) in [6, 6.07) is 31.4. The first-order valence-corrected chi connectivity index (χ1v) is 10.5. The molecule has 30 heavy (non-hydrogen) atoms. The van der Waals surface area contributed by atoms with Gasteiger partial charge in [0.2, 0.25) is 5.91 Å². The Morgan fingerprint density at radius 1 is 0.800 bits per heavy atom. The summed E-state index contributed by atoms with van der Waals surface area (Å²) in [6.07, 6.45) is 0.830. The molecule has 4 aromatic rings. The molecule has 5 rings (SSSR count). The Morgan fingerprint density at radius 3 is 2.07 bits per heavy atom. The van der Waals surface area contributed by atoms with Gasteiger partial charge in [0.15, 0.2) is 0 Å². The second-order valence-corrected chi connectivity index (χ2v) is 8.48. The Labute approximate surface area is 177 Å². The van der Waals surface area contributed by atoms with Crippen LogP contribution in [0.3, 0.4) is 0 Å². The van der Waals surface area contributed by atoms with Gasteiger partial charge in [0.1, 0.15) is 0 Å². The summed E-state index contributed by atoms with van der Waals surface area (Å²) in [4.78, 5) is 13.4. The zero-order chi connectivity index (χ0) is 20.7. The minimum Gasteiger partial charge on any atom is -0.325 e. The minimum atomic E-state index is -0.257. The normalized spacial score (nSPS) is 16.9. The van der Waals surface area contributed by atoms with Crippen molar-refractivity contribution in [2.24, 2.45) is 5.92 Å². The van der Waals surface area contributed by atoms with E-state index < -0.39 is 0 Å². The topological polar surface area (TPSA) is 29.1 Å². The summed E-state index contributed by atoms with van der Waals surface area (Å²) in [5, 5.41) is 5.44. The van der Waals surface area contributed by atoms with Gasteiger partial charge in [0.25, 0.3) is 0 Å². The second-order valence-electron chi connectivity index (χ2n) is 8.48. The van der Waals surface area contributed by atoms with Gasteiger partial charge in [-0.3, -0.25) is 4.79 Å². The Morgan fingerprint density at radius 2 is 1.40 bits per heavy atom. The lowest BCUT2D eigenvalue weighted by Gasteiger charge is -2.20. The van der Waals surface area contributed by atoms with Crippen molar-refractivity contribution in [3.8, 4) is 0 Å². The first-order valence-electron chi connectivity index (χ1n) is 10.5. The molecule has 4 aromatic carbocycles. The molecule has 1 fully saturated rings. The van der Waals surface area contributed by atoms with E-state index in [9.17, 15) is 4.79 Å². The fourth-order valence-electron chi connectivity index (χ4n) is 4.78. The SMILES string of the molecule is Cc1cccc(C2(c3cccc(C)c3)C[C@H]2C(=O)Nc2cccc3ccccc23)c1.